The molecule has 10 heteroatoms. The first-order valence-corrected chi connectivity index (χ1v) is 8.98. The van der Waals surface area contributed by atoms with E-state index in [0.29, 0.717) is 22.4 Å². The molecular formula is C17H15FN8S. The van der Waals surface area contributed by atoms with E-state index in [0.717, 1.165) is 5.69 Å². The van der Waals surface area contributed by atoms with Crippen LogP contribution in [0.2, 0.25) is 0 Å². The Kier molecular flexibility index (Phi) is 4.55. The second kappa shape index (κ2) is 7.16. The quantitative estimate of drug-likeness (QED) is 0.418. The Morgan fingerprint density at radius 1 is 1.00 bits per heavy atom. The lowest BCUT2D eigenvalue weighted by molar-refractivity contribution is 0.628. The SMILES string of the molecule is C[C@H](Sc1nnc(-c2ccc(F)cc2)n1N)c1nnnn1-c1ccccc1. The lowest BCUT2D eigenvalue weighted by Gasteiger charge is -2.11. The molecule has 2 aromatic carbocycles. The zero-order valence-electron chi connectivity index (χ0n) is 14.3. The number of hydrogen-bond donors (Lipinski definition) is 1. The number of tetrazole rings is 1. The summed E-state index contributed by atoms with van der Waals surface area (Å²) in [5, 5.41) is 20.6. The van der Waals surface area contributed by atoms with Crippen molar-refractivity contribution in [2.24, 2.45) is 0 Å². The number of nitrogen functional groups attached to an aromatic ring is 1. The number of benzene rings is 2. The Hall–Kier alpha value is -3.27. The minimum atomic E-state index is -0.321. The summed E-state index contributed by atoms with van der Waals surface area (Å²) in [5.41, 5.74) is 1.55. The molecule has 2 N–H and O–H groups in total. The van der Waals surface area contributed by atoms with Gasteiger partial charge in [0.2, 0.25) is 5.16 Å². The molecule has 0 amide bonds. The topological polar surface area (TPSA) is 100 Å². The van der Waals surface area contributed by atoms with E-state index in [9.17, 15) is 4.39 Å². The first-order chi connectivity index (χ1) is 13.1. The molecule has 0 radical (unpaired) electrons. The third kappa shape index (κ3) is 3.38. The average molecular weight is 382 g/mol. The smallest absolute Gasteiger partial charge is 0.210 e. The Morgan fingerprint density at radius 2 is 1.74 bits per heavy atom. The van der Waals surface area contributed by atoms with Crippen LogP contribution in [0.1, 0.15) is 18.0 Å². The number of halogens is 1. The van der Waals surface area contributed by atoms with Gasteiger partial charge in [0.1, 0.15) is 5.82 Å². The third-order valence-corrected chi connectivity index (χ3v) is 4.96. The molecule has 0 spiro atoms. The number of hydrogen-bond acceptors (Lipinski definition) is 7. The van der Waals surface area contributed by atoms with Crippen molar-refractivity contribution < 1.29 is 4.39 Å². The summed E-state index contributed by atoms with van der Waals surface area (Å²) >= 11 is 1.38. The van der Waals surface area contributed by atoms with Crippen LogP contribution in [-0.4, -0.2) is 35.1 Å². The highest BCUT2D eigenvalue weighted by Crippen LogP contribution is 2.33. The van der Waals surface area contributed by atoms with Crippen molar-refractivity contribution in [3.8, 4) is 17.1 Å². The van der Waals surface area contributed by atoms with Gasteiger partial charge in [-0.25, -0.2) is 9.07 Å². The average Bonchev–Trinajstić information content (AvgIpc) is 3.31. The Morgan fingerprint density at radius 3 is 2.48 bits per heavy atom. The molecule has 0 unspecified atom stereocenters. The van der Waals surface area contributed by atoms with Crippen molar-refractivity contribution in [3.05, 3.63) is 66.2 Å². The van der Waals surface area contributed by atoms with Crippen LogP contribution in [-0.2, 0) is 0 Å². The fourth-order valence-corrected chi connectivity index (χ4v) is 3.42. The Balaban J connectivity index is 1.59. The molecule has 0 aliphatic heterocycles. The summed E-state index contributed by atoms with van der Waals surface area (Å²) in [4.78, 5) is 0. The summed E-state index contributed by atoms with van der Waals surface area (Å²) in [7, 11) is 0. The molecule has 4 aromatic rings. The van der Waals surface area contributed by atoms with E-state index < -0.39 is 0 Å². The summed E-state index contributed by atoms with van der Waals surface area (Å²) in [6, 6.07) is 15.5. The number of para-hydroxylation sites is 1. The fourth-order valence-electron chi connectivity index (χ4n) is 2.56. The molecule has 4 rings (SSSR count). The summed E-state index contributed by atoms with van der Waals surface area (Å²) in [5.74, 6) is 6.94. The van der Waals surface area contributed by atoms with Gasteiger partial charge < -0.3 is 5.84 Å². The minimum absolute atomic E-state index is 0.132. The Bertz CT molecular complexity index is 1040. The molecule has 136 valence electrons. The molecule has 2 heterocycles. The lowest BCUT2D eigenvalue weighted by atomic mass is 10.2. The van der Waals surface area contributed by atoms with Crippen molar-refractivity contribution in [2.45, 2.75) is 17.3 Å². The van der Waals surface area contributed by atoms with Crippen LogP contribution in [0.5, 0.6) is 0 Å². The predicted octanol–water partition coefficient (Wildman–Crippen LogP) is 2.63. The standard InChI is InChI=1S/C17H15FN8S/c1-11(15-21-23-24-26(15)14-5-3-2-4-6-14)27-17-22-20-16(25(17)19)12-7-9-13(18)10-8-12/h2-11H,19H2,1H3/t11-/m0/s1. The van der Waals surface area contributed by atoms with Gasteiger partial charge in [-0.1, -0.05) is 30.0 Å². The van der Waals surface area contributed by atoms with Gasteiger partial charge in [0, 0.05) is 5.56 Å². The number of nitrogens with two attached hydrogens (primary N) is 1. The van der Waals surface area contributed by atoms with Crippen molar-refractivity contribution >= 4 is 11.8 Å². The third-order valence-electron chi connectivity index (χ3n) is 3.91. The van der Waals surface area contributed by atoms with Crippen LogP contribution in [0.15, 0.2) is 59.8 Å². The summed E-state index contributed by atoms with van der Waals surface area (Å²) in [6.45, 7) is 1.96. The number of thioether (sulfide) groups is 1. The van der Waals surface area contributed by atoms with Crippen LogP contribution >= 0.6 is 11.8 Å². The van der Waals surface area contributed by atoms with Gasteiger partial charge >= 0.3 is 0 Å². The van der Waals surface area contributed by atoms with Gasteiger partial charge in [-0.3, -0.25) is 0 Å². The van der Waals surface area contributed by atoms with E-state index in [1.165, 1.54) is 28.6 Å². The molecule has 27 heavy (non-hydrogen) atoms. The van der Waals surface area contributed by atoms with Gasteiger partial charge in [0.05, 0.1) is 10.9 Å². The van der Waals surface area contributed by atoms with Gasteiger partial charge in [0.25, 0.3) is 0 Å². The van der Waals surface area contributed by atoms with Gasteiger partial charge in [-0.2, -0.15) is 4.68 Å². The van der Waals surface area contributed by atoms with E-state index in [-0.39, 0.29) is 11.1 Å². The molecule has 0 saturated carbocycles. The van der Waals surface area contributed by atoms with Gasteiger partial charge in [-0.05, 0) is 53.7 Å². The van der Waals surface area contributed by atoms with Gasteiger partial charge in [0.15, 0.2) is 11.6 Å². The normalized spacial score (nSPS) is 12.2. The van der Waals surface area contributed by atoms with Crippen molar-refractivity contribution in [2.75, 3.05) is 5.84 Å². The largest absolute Gasteiger partial charge is 0.335 e. The Labute approximate surface area is 158 Å². The van der Waals surface area contributed by atoms with E-state index in [1.807, 2.05) is 37.3 Å². The molecule has 0 aliphatic carbocycles. The van der Waals surface area contributed by atoms with Crippen molar-refractivity contribution in [3.63, 3.8) is 0 Å². The highest BCUT2D eigenvalue weighted by atomic mass is 32.2. The zero-order valence-corrected chi connectivity index (χ0v) is 15.1. The van der Waals surface area contributed by atoms with Crippen molar-refractivity contribution in [1.29, 1.82) is 0 Å². The molecule has 0 bridgehead atoms. The lowest BCUT2D eigenvalue weighted by Crippen LogP contribution is -2.12. The highest BCUT2D eigenvalue weighted by molar-refractivity contribution is 7.99. The maximum absolute atomic E-state index is 13.1. The maximum atomic E-state index is 13.1. The van der Waals surface area contributed by atoms with Crippen LogP contribution in [0, 0.1) is 5.82 Å². The molecular weight excluding hydrogens is 367 g/mol. The molecule has 2 aromatic heterocycles. The fraction of sp³-hybridized carbons (Fsp3) is 0.118. The van der Waals surface area contributed by atoms with Crippen LogP contribution in [0.4, 0.5) is 4.39 Å². The van der Waals surface area contributed by atoms with Crippen molar-refractivity contribution in [1.82, 2.24) is 35.1 Å². The molecule has 8 nitrogen and oxygen atoms in total. The first-order valence-electron chi connectivity index (χ1n) is 8.10. The summed E-state index contributed by atoms with van der Waals surface area (Å²) < 4.78 is 16.2. The number of nitrogens with zero attached hydrogens (tertiary/aromatic N) is 7. The van der Waals surface area contributed by atoms with E-state index >= 15 is 0 Å². The molecule has 0 fully saturated rings. The van der Waals surface area contributed by atoms with E-state index in [2.05, 4.69) is 25.7 Å². The highest BCUT2D eigenvalue weighted by Gasteiger charge is 2.21. The maximum Gasteiger partial charge on any atom is 0.210 e. The number of aromatic nitrogens is 7. The number of rotatable bonds is 5. The molecule has 0 aliphatic rings. The van der Waals surface area contributed by atoms with Gasteiger partial charge in [-0.15, -0.1) is 15.3 Å². The second-order valence-corrected chi connectivity index (χ2v) is 7.04. The molecule has 1 atom stereocenters. The molecule has 0 saturated heterocycles. The van der Waals surface area contributed by atoms with Crippen LogP contribution in [0.3, 0.4) is 0 Å². The second-order valence-electron chi connectivity index (χ2n) is 5.73. The van der Waals surface area contributed by atoms with E-state index in [1.54, 1.807) is 16.8 Å². The van der Waals surface area contributed by atoms with Crippen LogP contribution < -0.4 is 5.84 Å². The first kappa shape index (κ1) is 17.2. The predicted molar refractivity (Wildman–Crippen MR) is 99.0 cm³/mol. The van der Waals surface area contributed by atoms with Crippen LogP contribution in [0.25, 0.3) is 17.1 Å². The summed E-state index contributed by atoms with van der Waals surface area (Å²) in [6.07, 6.45) is 0. The monoisotopic (exact) mass is 382 g/mol. The minimum Gasteiger partial charge on any atom is -0.335 e. The zero-order chi connectivity index (χ0) is 18.8. The van der Waals surface area contributed by atoms with E-state index in [4.69, 9.17) is 5.84 Å².